The second kappa shape index (κ2) is 6.85. The Morgan fingerprint density at radius 3 is 2.71 bits per heavy atom. The number of hydrogen-bond acceptors (Lipinski definition) is 3. The second-order valence-electron chi connectivity index (χ2n) is 3.75. The van der Waals surface area contributed by atoms with Gasteiger partial charge in [-0.15, -0.1) is 0 Å². The lowest BCUT2D eigenvalue weighted by Crippen LogP contribution is -2.35. The van der Waals surface area contributed by atoms with Crippen LogP contribution in [0, 0.1) is 0 Å². The van der Waals surface area contributed by atoms with Crippen LogP contribution in [0.5, 0.6) is 0 Å². The van der Waals surface area contributed by atoms with Gasteiger partial charge in [-0.2, -0.15) is 0 Å². The van der Waals surface area contributed by atoms with Gasteiger partial charge in [0.05, 0.1) is 6.54 Å². The lowest BCUT2D eigenvalue weighted by atomic mass is 10.2. The van der Waals surface area contributed by atoms with E-state index in [0.29, 0.717) is 0 Å². The van der Waals surface area contributed by atoms with Crippen LogP contribution in [0.2, 0.25) is 0 Å². The van der Waals surface area contributed by atoms with Crippen molar-refractivity contribution in [1.82, 2.24) is 4.90 Å². The van der Waals surface area contributed by atoms with Crippen LogP contribution in [0.4, 0.5) is 9.18 Å². The molecule has 0 bridgehead atoms. The molecule has 1 aromatic rings. The topological polar surface area (TPSA) is 55.6 Å². The van der Waals surface area contributed by atoms with E-state index in [1.165, 1.54) is 11.9 Å². The van der Waals surface area contributed by atoms with E-state index in [-0.39, 0.29) is 19.7 Å². The van der Waals surface area contributed by atoms with E-state index in [1.807, 2.05) is 30.3 Å². The fourth-order valence-corrected chi connectivity index (χ4v) is 1.28. The zero-order valence-corrected chi connectivity index (χ0v) is 9.80. The number of carbonyl (C=O) groups is 1. The largest absolute Gasteiger partial charge is 0.445 e. The van der Waals surface area contributed by atoms with Crippen LogP contribution in [0.15, 0.2) is 30.3 Å². The standard InChI is InChI=1S/C12H17FN2O2/c1-15(8-11(13)7-14)12(16)17-9-10-5-3-2-4-6-10/h2-6,11H,7-9,14H2,1H3. The Hall–Kier alpha value is -1.62. The lowest BCUT2D eigenvalue weighted by molar-refractivity contribution is 0.0961. The number of carbonyl (C=O) groups excluding carboxylic acids is 1. The average molecular weight is 240 g/mol. The number of nitrogens with two attached hydrogens (primary N) is 1. The van der Waals surface area contributed by atoms with Crippen LogP contribution in [-0.4, -0.2) is 37.3 Å². The minimum atomic E-state index is -1.22. The Morgan fingerprint density at radius 2 is 2.12 bits per heavy atom. The fourth-order valence-electron chi connectivity index (χ4n) is 1.28. The Kier molecular flexibility index (Phi) is 5.42. The van der Waals surface area contributed by atoms with Crippen molar-refractivity contribution in [3.8, 4) is 0 Å². The van der Waals surface area contributed by atoms with Crippen molar-refractivity contribution >= 4 is 6.09 Å². The molecule has 0 aliphatic heterocycles. The van der Waals surface area contributed by atoms with Crippen molar-refractivity contribution in [2.75, 3.05) is 20.1 Å². The van der Waals surface area contributed by atoms with Gasteiger partial charge in [0.25, 0.3) is 0 Å². The summed E-state index contributed by atoms with van der Waals surface area (Å²) in [6, 6.07) is 9.31. The van der Waals surface area contributed by atoms with Gasteiger partial charge < -0.3 is 15.4 Å². The molecule has 0 aliphatic carbocycles. The van der Waals surface area contributed by atoms with E-state index in [9.17, 15) is 9.18 Å². The summed E-state index contributed by atoms with van der Waals surface area (Å²) in [5, 5.41) is 0. The third-order valence-corrected chi connectivity index (χ3v) is 2.24. The maximum Gasteiger partial charge on any atom is 0.409 e. The summed E-state index contributed by atoms with van der Waals surface area (Å²) in [5.74, 6) is 0. The van der Waals surface area contributed by atoms with E-state index >= 15 is 0 Å². The number of rotatable bonds is 5. The summed E-state index contributed by atoms with van der Waals surface area (Å²) >= 11 is 0. The predicted molar refractivity (Wildman–Crippen MR) is 63.2 cm³/mol. The van der Waals surface area contributed by atoms with E-state index < -0.39 is 12.3 Å². The number of amides is 1. The van der Waals surface area contributed by atoms with Gasteiger partial charge in [-0.1, -0.05) is 30.3 Å². The van der Waals surface area contributed by atoms with Crippen LogP contribution in [0.25, 0.3) is 0 Å². The molecule has 17 heavy (non-hydrogen) atoms. The van der Waals surface area contributed by atoms with Crippen LogP contribution in [-0.2, 0) is 11.3 Å². The first-order chi connectivity index (χ1) is 8.13. The molecule has 0 aromatic heterocycles. The normalized spacial score (nSPS) is 11.9. The number of nitrogens with zero attached hydrogens (tertiary/aromatic N) is 1. The predicted octanol–water partition coefficient (Wildman–Crippen LogP) is 1.55. The molecule has 0 fully saturated rings. The quantitative estimate of drug-likeness (QED) is 0.849. The zero-order chi connectivity index (χ0) is 12.7. The van der Waals surface area contributed by atoms with Crippen LogP contribution >= 0.6 is 0 Å². The number of halogens is 1. The Bertz CT molecular complexity index is 346. The second-order valence-corrected chi connectivity index (χ2v) is 3.75. The fraction of sp³-hybridized carbons (Fsp3) is 0.417. The maximum absolute atomic E-state index is 12.9. The third kappa shape index (κ3) is 4.82. The molecule has 2 N–H and O–H groups in total. The molecule has 0 saturated carbocycles. The van der Waals surface area contributed by atoms with Gasteiger partial charge in [-0.25, -0.2) is 9.18 Å². The Balaban J connectivity index is 2.34. The lowest BCUT2D eigenvalue weighted by Gasteiger charge is -2.18. The summed E-state index contributed by atoms with van der Waals surface area (Å²) in [5.41, 5.74) is 6.03. The van der Waals surface area contributed by atoms with Crippen molar-refractivity contribution < 1.29 is 13.9 Å². The molecule has 1 amide bonds. The van der Waals surface area contributed by atoms with E-state index in [1.54, 1.807) is 0 Å². The molecular formula is C12H17FN2O2. The molecule has 94 valence electrons. The van der Waals surface area contributed by atoms with Gasteiger partial charge in [0.2, 0.25) is 0 Å². The number of ether oxygens (including phenoxy) is 1. The molecule has 0 heterocycles. The molecule has 1 aromatic carbocycles. The molecule has 0 radical (unpaired) electrons. The van der Waals surface area contributed by atoms with Crippen molar-refractivity contribution in [1.29, 1.82) is 0 Å². The first kappa shape index (κ1) is 13.4. The highest BCUT2D eigenvalue weighted by atomic mass is 19.1. The Morgan fingerprint density at radius 1 is 1.47 bits per heavy atom. The first-order valence-corrected chi connectivity index (χ1v) is 5.39. The van der Waals surface area contributed by atoms with Crippen molar-refractivity contribution in [2.24, 2.45) is 5.73 Å². The number of alkyl halides is 1. The number of benzene rings is 1. The minimum absolute atomic E-state index is 0.0515. The van der Waals surface area contributed by atoms with Gasteiger partial charge in [-0.05, 0) is 5.56 Å². The summed E-state index contributed by atoms with van der Waals surface area (Å²) in [4.78, 5) is 12.6. The summed E-state index contributed by atoms with van der Waals surface area (Å²) in [7, 11) is 1.48. The molecule has 0 saturated heterocycles. The molecule has 5 heteroatoms. The summed E-state index contributed by atoms with van der Waals surface area (Å²) < 4.78 is 17.9. The summed E-state index contributed by atoms with van der Waals surface area (Å²) in [6.07, 6.45) is -1.77. The van der Waals surface area contributed by atoms with Crippen molar-refractivity contribution in [3.05, 3.63) is 35.9 Å². The minimum Gasteiger partial charge on any atom is -0.445 e. The Labute approximate surface area is 100 Å². The molecule has 0 aliphatic rings. The SMILES string of the molecule is CN(CC(F)CN)C(=O)OCc1ccccc1. The van der Waals surface area contributed by atoms with E-state index in [2.05, 4.69) is 0 Å². The van der Waals surface area contributed by atoms with Crippen molar-refractivity contribution in [3.63, 3.8) is 0 Å². The van der Waals surface area contributed by atoms with Gasteiger partial charge in [-0.3, -0.25) is 0 Å². The van der Waals surface area contributed by atoms with Gasteiger partial charge in [0, 0.05) is 13.6 Å². The van der Waals surface area contributed by atoms with Crippen LogP contribution in [0.3, 0.4) is 0 Å². The first-order valence-electron chi connectivity index (χ1n) is 5.39. The molecule has 4 nitrogen and oxygen atoms in total. The van der Waals surface area contributed by atoms with E-state index in [4.69, 9.17) is 10.5 Å². The van der Waals surface area contributed by atoms with Crippen LogP contribution in [0.1, 0.15) is 5.56 Å². The molecule has 1 unspecified atom stereocenters. The van der Waals surface area contributed by atoms with Gasteiger partial charge in [0.1, 0.15) is 12.8 Å². The molecule has 1 rings (SSSR count). The average Bonchev–Trinajstić information content (AvgIpc) is 2.36. The molecule has 0 spiro atoms. The third-order valence-electron chi connectivity index (χ3n) is 2.24. The van der Waals surface area contributed by atoms with Gasteiger partial charge >= 0.3 is 6.09 Å². The van der Waals surface area contributed by atoms with E-state index in [0.717, 1.165) is 5.56 Å². The summed E-state index contributed by atoms with van der Waals surface area (Å²) in [6.45, 7) is 0.0318. The zero-order valence-electron chi connectivity index (χ0n) is 9.80. The molecular weight excluding hydrogens is 223 g/mol. The highest BCUT2D eigenvalue weighted by molar-refractivity contribution is 5.67. The number of hydrogen-bond donors (Lipinski definition) is 1. The molecule has 1 atom stereocenters. The van der Waals surface area contributed by atoms with Crippen LogP contribution < -0.4 is 5.73 Å². The maximum atomic E-state index is 12.9. The monoisotopic (exact) mass is 240 g/mol. The smallest absolute Gasteiger partial charge is 0.409 e. The highest BCUT2D eigenvalue weighted by Gasteiger charge is 2.14. The van der Waals surface area contributed by atoms with Gasteiger partial charge in [0.15, 0.2) is 0 Å². The highest BCUT2D eigenvalue weighted by Crippen LogP contribution is 2.03. The van der Waals surface area contributed by atoms with Crippen molar-refractivity contribution in [2.45, 2.75) is 12.8 Å².